The van der Waals surface area contributed by atoms with E-state index in [1.807, 2.05) is 24.3 Å². The first-order valence-electron chi connectivity index (χ1n) is 7.74. The van der Waals surface area contributed by atoms with Gasteiger partial charge in [-0.25, -0.2) is 0 Å². The Morgan fingerprint density at radius 1 is 1.17 bits per heavy atom. The fourth-order valence-electron chi connectivity index (χ4n) is 2.38. The van der Waals surface area contributed by atoms with Gasteiger partial charge < -0.3 is 14.8 Å². The second kappa shape index (κ2) is 7.96. The van der Waals surface area contributed by atoms with Crippen LogP contribution in [0.2, 0.25) is 10.0 Å². The number of hydrogen-bond acceptors (Lipinski definition) is 3. The van der Waals surface area contributed by atoms with E-state index in [0.717, 1.165) is 27.9 Å². The van der Waals surface area contributed by atoms with Crippen molar-refractivity contribution in [1.82, 2.24) is 5.32 Å². The molecule has 1 saturated carbocycles. The van der Waals surface area contributed by atoms with Gasteiger partial charge in [-0.2, -0.15) is 0 Å². The van der Waals surface area contributed by atoms with Gasteiger partial charge in [0, 0.05) is 22.6 Å². The molecule has 1 aliphatic carbocycles. The molecule has 1 N–H and O–H groups in total. The molecule has 3 rings (SSSR count). The minimum absolute atomic E-state index is 0.389. The van der Waals surface area contributed by atoms with Crippen molar-refractivity contribution in [3.05, 3.63) is 56.0 Å². The van der Waals surface area contributed by atoms with Crippen LogP contribution in [0.25, 0.3) is 0 Å². The monoisotopic (exact) mass is 429 g/mol. The van der Waals surface area contributed by atoms with Gasteiger partial charge in [-0.15, -0.1) is 0 Å². The number of benzene rings is 2. The summed E-state index contributed by atoms with van der Waals surface area (Å²) in [5.41, 5.74) is 2.01. The fourth-order valence-corrected chi connectivity index (χ4v) is 3.16. The van der Waals surface area contributed by atoms with E-state index in [4.69, 9.17) is 32.7 Å². The quantitative estimate of drug-likeness (QED) is 0.620. The van der Waals surface area contributed by atoms with Gasteiger partial charge in [0.1, 0.15) is 6.61 Å². The molecule has 0 atom stereocenters. The van der Waals surface area contributed by atoms with E-state index in [-0.39, 0.29) is 0 Å². The number of nitrogens with one attached hydrogen (secondary N) is 1. The molecule has 1 aliphatic rings. The standard InChI is InChI=1S/C18H18BrCl2NO2/c1-23-17-7-5-14(19)13(9-22-12-3-4-12)18(17)24-10-11-2-6-15(20)16(21)8-11/h2,5-8,12,22H,3-4,9-10H2,1H3. The highest BCUT2D eigenvalue weighted by molar-refractivity contribution is 9.10. The molecule has 3 nitrogen and oxygen atoms in total. The molecule has 0 radical (unpaired) electrons. The van der Waals surface area contributed by atoms with Gasteiger partial charge in [0.25, 0.3) is 0 Å². The van der Waals surface area contributed by atoms with E-state index in [0.29, 0.717) is 28.4 Å². The number of ether oxygens (including phenoxy) is 2. The summed E-state index contributed by atoms with van der Waals surface area (Å²) in [6.45, 7) is 1.12. The van der Waals surface area contributed by atoms with Crippen LogP contribution in [0.1, 0.15) is 24.0 Å². The third kappa shape index (κ3) is 4.37. The average molecular weight is 431 g/mol. The van der Waals surface area contributed by atoms with Crippen molar-refractivity contribution in [3.8, 4) is 11.5 Å². The van der Waals surface area contributed by atoms with Crippen LogP contribution in [0.15, 0.2) is 34.8 Å². The second-order valence-corrected chi connectivity index (χ2v) is 7.42. The summed E-state index contributed by atoms with van der Waals surface area (Å²) in [6, 6.07) is 9.99. The third-order valence-electron chi connectivity index (χ3n) is 3.90. The smallest absolute Gasteiger partial charge is 0.167 e. The first kappa shape index (κ1) is 17.9. The number of rotatable bonds is 7. The molecule has 0 aromatic heterocycles. The van der Waals surface area contributed by atoms with Crippen LogP contribution in [0.5, 0.6) is 11.5 Å². The van der Waals surface area contributed by atoms with Gasteiger partial charge in [0.15, 0.2) is 11.5 Å². The highest BCUT2D eigenvalue weighted by atomic mass is 79.9. The molecule has 0 heterocycles. The lowest BCUT2D eigenvalue weighted by Gasteiger charge is -2.17. The Morgan fingerprint density at radius 3 is 2.62 bits per heavy atom. The lowest BCUT2D eigenvalue weighted by molar-refractivity contribution is 0.280. The Balaban J connectivity index is 1.80. The maximum absolute atomic E-state index is 6.08. The fraction of sp³-hybridized carbons (Fsp3) is 0.333. The Morgan fingerprint density at radius 2 is 1.96 bits per heavy atom. The molecular weight excluding hydrogens is 413 g/mol. The molecule has 2 aromatic carbocycles. The summed E-state index contributed by atoms with van der Waals surface area (Å²) in [5, 5.41) is 4.58. The molecular formula is C18H18BrCl2NO2. The van der Waals surface area contributed by atoms with E-state index >= 15 is 0 Å². The summed E-state index contributed by atoms with van der Waals surface area (Å²) < 4.78 is 12.6. The molecule has 128 valence electrons. The van der Waals surface area contributed by atoms with Gasteiger partial charge in [0.05, 0.1) is 17.2 Å². The third-order valence-corrected chi connectivity index (χ3v) is 5.38. The Hall–Kier alpha value is -0.940. The van der Waals surface area contributed by atoms with Crippen LogP contribution in [-0.4, -0.2) is 13.2 Å². The first-order valence-corrected chi connectivity index (χ1v) is 9.29. The number of halogens is 3. The van der Waals surface area contributed by atoms with Crippen LogP contribution in [0, 0.1) is 0 Å². The zero-order valence-electron chi connectivity index (χ0n) is 13.2. The highest BCUT2D eigenvalue weighted by Gasteiger charge is 2.22. The summed E-state index contributed by atoms with van der Waals surface area (Å²) >= 11 is 15.6. The molecule has 0 amide bonds. The molecule has 0 aliphatic heterocycles. The highest BCUT2D eigenvalue weighted by Crippen LogP contribution is 2.37. The Bertz CT molecular complexity index is 735. The van der Waals surface area contributed by atoms with E-state index in [9.17, 15) is 0 Å². The van der Waals surface area contributed by atoms with E-state index in [1.165, 1.54) is 12.8 Å². The molecule has 6 heteroatoms. The van der Waals surface area contributed by atoms with E-state index in [2.05, 4.69) is 21.2 Å². The summed E-state index contributed by atoms with van der Waals surface area (Å²) in [5.74, 6) is 1.46. The largest absolute Gasteiger partial charge is 0.493 e. The van der Waals surface area contributed by atoms with Crippen molar-refractivity contribution in [2.24, 2.45) is 0 Å². The van der Waals surface area contributed by atoms with Crippen molar-refractivity contribution in [2.45, 2.75) is 32.0 Å². The minimum atomic E-state index is 0.389. The van der Waals surface area contributed by atoms with Crippen LogP contribution in [0.4, 0.5) is 0 Å². The number of hydrogen-bond donors (Lipinski definition) is 1. The zero-order valence-corrected chi connectivity index (χ0v) is 16.3. The van der Waals surface area contributed by atoms with Crippen molar-refractivity contribution in [2.75, 3.05) is 7.11 Å². The normalized spacial score (nSPS) is 13.8. The summed E-state index contributed by atoms with van der Waals surface area (Å²) in [7, 11) is 1.65. The summed E-state index contributed by atoms with van der Waals surface area (Å²) in [4.78, 5) is 0. The topological polar surface area (TPSA) is 30.5 Å². The SMILES string of the molecule is COc1ccc(Br)c(CNC2CC2)c1OCc1ccc(Cl)c(Cl)c1. The summed E-state index contributed by atoms with van der Waals surface area (Å²) in [6.07, 6.45) is 2.47. The first-order chi connectivity index (χ1) is 11.6. The molecule has 0 spiro atoms. The molecule has 2 aromatic rings. The molecule has 24 heavy (non-hydrogen) atoms. The Labute approximate surface area is 160 Å². The van der Waals surface area contributed by atoms with Crippen LogP contribution < -0.4 is 14.8 Å². The van der Waals surface area contributed by atoms with Gasteiger partial charge in [-0.05, 0) is 42.7 Å². The lowest BCUT2D eigenvalue weighted by Crippen LogP contribution is -2.16. The van der Waals surface area contributed by atoms with Crippen molar-refractivity contribution >= 4 is 39.1 Å². The predicted molar refractivity (Wildman–Crippen MR) is 101 cm³/mol. The van der Waals surface area contributed by atoms with Gasteiger partial charge in [-0.1, -0.05) is 45.2 Å². The van der Waals surface area contributed by atoms with Crippen LogP contribution in [0.3, 0.4) is 0 Å². The van der Waals surface area contributed by atoms with Crippen molar-refractivity contribution in [3.63, 3.8) is 0 Å². The number of methoxy groups -OCH3 is 1. The van der Waals surface area contributed by atoms with Gasteiger partial charge >= 0.3 is 0 Å². The van der Waals surface area contributed by atoms with Crippen molar-refractivity contribution < 1.29 is 9.47 Å². The van der Waals surface area contributed by atoms with E-state index in [1.54, 1.807) is 13.2 Å². The maximum atomic E-state index is 6.08. The average Bonchev–Trinajstić information content (AvgIpc) is 3.39. The van der Waals surface area contributed by atoms with Crippen molar-refractivity contribution in [1.29, 1.82) is 0 Å². The minimum Gasteiger partial charge on any atom is -0.493 e. The molecule has 0 bridgehead atoms. The Kier molecular flexibility index (Phi) is 5.93. The zero-order chi connectivity index (χ0) is 17.1. The second-order valence-electron chi connectivity index (χ2n) is 5.75. The molecule has 1 fully saturated rings. The van der Waals surface area contributed by atoms with Gasteiger partial charge in [-0.3, -0.25) is 0 Å². The van der Waals surface area contributed by atoms with Crippen LogP contribution >= 0.6 is 39.1 Å². The maximum Gasteiger partial charge on any atom is 0.167 e. The predicted octanol–water partition coefficient (Wildman–Crippen LogP) is 5.60. The van der Waals surface area contributed by atoms with Crippen LogP contribution in [-0.2, 0) is 13.2 Å². The molecule has 0 saturated heterocycles. The lowest BCUT2D eigenvalue weighted by atomic mass is 10.1. The van der Waals surface area contributed by atoms with Gasteiger partial charge in [0.2, 0.25) is 0 Å². The van der Waals surface area contributed by atoms with E-state index < -0.39 is 0 Å². The molecule has 0 unspecified atom stereocenters.